The topological polar surface area (TPSA) is 29.1 Å². The summed E-state index contributed by atoms with van der Waals surface area (Å²) in [5.74, 6) is 0. The zero-order valence-electron chi connectivity index (χ0n) is 10.4. The first-order valence-corrected chi connectivity index (χ1v) is 7.73. The first-order valence-electron chi connectivity index (χ1n) is 6.52. The van der Waals surface area contributed by atoms with Gasteiger partial charge in [0.15, 0.2) is 0 Å². The van der Waals surface area contributed by atoms with Crippen molar-refractivity contribution < 1.29 is 4.21 Å². The minimum absolute atomic E-state index is 0.283. The second kappa shape index (κ2) is 6.31. The lowest BCUT2D eigenvalue weighted by Crippen LogP contribution is -2.44. The maximum absolute atomic E-state index is 12.6. The molecule has 0 heterocycles. The Hall–Kier alpha value is -0.670. The molecule has 0 aliphatic heterocycles. The molecule has 0 spiro atoms. The van der Waals surface area contributed by atoms with Gasteiger partial charge in [0, 0.05) is 10.9 Å². The molecule has 1 fully saturated rings. The van der Waals surface area contributed by atoms with Crippen molar-refractivity contribution >= 4 is 10.8 Å². The Labute approximate surface area is 106 Å². The van der Waals surface area contributed by atoms with Crippen molar-refractivity contribution in [3.05, 3.63) is 30.3 Å². The molecular formula is C14H21NOS. The van der Waals surface area contributed by atoms with Crippen LogP contribution in [0.2, 0.25) is 0 Å². The third-order valence-corrected chi connectivity index (χ3v) is 5.27. The van der Waals surface area contributed by atoms with Gasteiger partial charge in [-0.15, -0.1) is 0 Å². The summed E-state index contributed by atoms with van der Waals surface area (Å²) in [5.41, 5.74) is 0. The molecule has 1 aromatic carbocycles. The summed E-state index contributed by atoms with van der Waals surface area (Å²) in [4.78, 5) is 0.974. The van der Waals surface area contributed by atoms with Gasteiger partial charge >= 0.3 is 0 Å². The lowest BCUT2D eigenvalue weighted by Gasteiger charge is -2.31. The van der Waals surface area contributed by atoms with Crippen LogP contribution in [-0.4, -0.2) is 22.0 Å². The van der Waals surface area contributed by atoms with Gasteiger partial charge in [-0.3, -0.25) is 4.21 Å². The van der Waals surface area contributed by atoms with Crippen molar-refractivity contribution in [1.82, 2.24) is 5.32 Å². The largest absolute Gasteiger partial charge is 0.313 e. The van der Waals surface area contributed by atoms with E-state index in [0.717, 1.165) is 24.3 Å². The van der Waals surface area contributed by atoms with Crippen LogP contribution in [0.15, 0.2) is 35.2 Å². The quantitative estimate of drug-likeness (QED) is 0.891. The normalized spacial score (nSPS) is 26.6. The Balaban J connectivity index is 2.11. The van der Waals surface area contributed by atoms with Gasteiger partial charge in [0.25, 0.3) is 0 Å². The summed E-state index contributed by atoms with van der Waals surface area (Å²) in [6.07, 6.45) is 4.72. The minimum atomic E-state index is -0.864. The van der Waals surface area contributed by atoms with Gasteiger partial charge in [-0.05, 0) is 31.5 Å². The van der Waals surface area contributed by atoms with Crippen molar-refractivity contribution in [2.24, 2.45) is 0 Å². The molecule has 3 unspecified atom stereocenters. The van der Waals surface area contributed by atoms with E-state index in [9.17, 15) is 4.21 Å². The SMILES string of the molecule is CCNC1CCCCC1S(=O)c1ccccc1. The first-order chi connectivity index (χ1) is 8.33. The highest BCUT2D eigenvalue weighted by molar-refractivity contribution is 7.85. The lowest BCUT2D eigenvalue weighted by molar-refractivity contribution is 0.385. The molecule has 3 atom stereocenters. The predicted octanol–water partition coefficient (Wildman–Crippen LogP) is 2.71. The summed E-state index contributed by atoms with van der Waals surface area (Å²) in [6.45, 7) is 3.09. The van der Waals surface area contributed by atoms with Crippen LogP contribution in [0.3, 0.4) is 0 Å². The molecule has 1 aromatic rings. The summed E-state index contributed by atoms with van der Waals surface area (Å²) in [6, 6.07) is 10.3. The Morgan fingerprint density at radius 2 is 1.94 bits per heavy atom. The number of hydrogen-bond acceptors (Lipinski definition) is 2. The van der Waals surface area contributed by atoms with E-state index in [1.807, 2.05) is 30.3 Å². The number of benzene rings is 1. The molecule has 1 aliphatic carbocycles. The Morgan fingerprint density at radius 1 is 1.24 bits per heavy atom. The molecule has 0 radical (unpaired) electrons. The summed E-state index contributed by atoms with van der Waals surface area (Å²) < 4.78 is 12.6. The fourth-order valence-corrected chi connectivity index (χ4v) is 4.26. The minimum Gasteiger partial charge on any atom is -0.313 e. The van der Waals surface area contributed by atoms with E-state index in [4.69, 9.17) is 0 Å². The molecule has 17 heavy (non-hydrogen) atoms. The highest BCUT2D eigenvalue weighted by atomic mass is 32.2. The van der Waals surface area contributed by atoms with Gasteiger partial charge in [0.1, 0.15) is 0 Å². The van der Waals surface area contributed by atoms with E-state index < -0.39 is 10.8 Å². The third-order valence-electron chi connectivity index (χ3n) is 3.42. The lowest BCUT2D eigenvalue weighted by atomic mass is 9.95. The van der Waals surface area contributed by atoms with E-state index in [0.29, 0.717) is 6.04 Å². The van der Waals surface area contributed by atoms with Gasteiger partial charge in [0.2, 0.25) is 0 Å². The van der Waals surface area contributed by atoms with E-state index >= 15 is 0 Å². The van der Waals surface area contributed by atoms with E-state index in [2.05, 4.69) is 12.2 Å². The summed E-state index contributed by atoms with van der Waals surface area (Å²) in [7, 11) is -0.864. The summed E-state index contributed by atoms with van der Waals surface area (Å²) in [5, 5.41) is 3.78. The van der Waals surface area contributed by atoms with E-state index in [-0.39, 0.29) is 5.25 Å². The number of rotatable bonds is 4. The number of hydrogen-bond donors (Lipinski definition) is 1. The highest BCUT2D eigenvalue weighted by Crippen LogP contribution is 2.26. The van der Waals surface area contributed by atoms with Gasteiger partial charge in [-0.25, -0.2) is 0 Å². The average molecular weight is 251 g/mol. The molecule has 1 saturated carbocycles. The molecule has 0 bridgehead atoms. The Morgan fingerprint density at radius 3 is 2.65 bits per heavy atom. The average Bonchev–Trinajstić information content (AvgIpc) is 2.40. The number of nitrogens with one attached hydrogen (secondary N) is 1. The molecule has 3 heteroatoms. The van der Waals surface area contributed by atoms with Crippen LogP contribution in [0.1, 0.15) is 32.6 Å². The van der Waals surface area contributed by atoms with Crippen LogP contribution in [-0.2, 0) is 10.8 Å². The molecule has 1 aliphatic rings. The van der Waals surface area contributed by atoms with E-state index in [1.54, 1.807) is 0 Å². The molecule has 1 N–H and O–H groups in total. The maximum atomic E-state index is 12.6. The molecule has 0 saturated heterocycles. The fourth-order valence-electron chi connectivity index (χ4n) is 2.58. The van der Waals surface area contributed by atoms with Crippen molar-refractivity contribution in [3.8, 4) is 0 Å². The maximum Gasteiger partial charge on any atom is 0.0576 e. The van der Waals surface area contributed by atoms with Gasteiger partial charge in [-0.2, -0.15) is 0 Å². The summed E-state index contributed by atoms with van der Waals surface area (Å²) >= 11 is 0. The highest BCUT2D eigenvalue weighted by Gasteiger charge is 2.29. The van der Waals surface area contributed by atoms with Crippen LogP contribution in [0.4, 0.5) is 0 Å². The molecular weight excluding hydrogens is 230 g/mol. The smallest absolute Gasteiger partial charge is 0.0576 e. The fraction of sp³-hybridized carbons (Fsp3) is 0.571. The molecule has 2 nitrogen and oxygen atoms in total. The molecule has 2 rings (SSSR count). The Bertz CT molecular complexity index is 364. The van der Waals surface area contributed by atoms with Crippen LogP contribution >= 0.6 is 0 Å². The van der Waals surface area contributed by atoms with Gasteiger partial charge in [-0.1, -0.05) is 38.0 Å². The predicted molar refractivity (Wildman–Crippen MR) is 72.6 cm³/mol. The van der Waals surface area contributed by atoms with E-state index in [1.165, 1.54) is 12.8 Å². The van der Waals surface area contributed by atoms with Crippen LogP contribution in [0.5, 0.6) is 0 Å². The van der Waals surface area contributed by atoms with Crippen molar-refractivity contribution in [2.75, 3.05) is 6.54 Å². The zero-order valence-corrected chi connectivity index (χ0v) is 11.2. The van der Waals surface area contributed by atoms with Crippen LogP contribution in [0, 0.1) is 0 Å². The third kappa shape index (κ3) is 3.17. The van der Waals surface area contributed by atoms with Gasteiger partial charge < -0.3 is 5.32 Å². The Kier molecular flexibility index (Phi) is 4.75. The second-order valence-corrected chi connectivity index (χ2v) is 6.27. The van der Waals surface area contributed by atoms with Crippen molar-refractivity contribution in [3.63, 3.8) is 0 Å². The zero-order chi connectivity index (χ0) is 12.1. The second-order valence-electron chi connectivity index (χ2n) is 4.60. The first kappa shape index (κ1) is 12.8. The molecule has 94 valence electrons. The monoisotopic (exact) mass is 251 g/mol. The molecule has 0 amide bonds. The van der Waals surface area contributed by atoms with Crippen LogP contribution in [0.25, 0.3) is 0 Å². The molecule has 0 aromatic heterocycles. The van der Waals surface area contributed by atoms with Crippen molar-refractivity contribution in [1.29, 1.82) is 0 Å². The van der Waals surface area contributed by atoms with Crippen molar-refractivity contribution in [2.45, 2.75) is 48.8 Å². The van der Waals surface area contributed by atoms with Gasteiger partial charge in [0.05, 0.1) is 16.0 Å². The van der Waals surface area contributed by atoms with Crippen LogP contribution < -0.4 is 5.32 Å². The standard InChI is InChI=1S/C14H21NOS/c1-2-15-13-10-6-7-11-14(13)17(16)12-8-4-3-5-9-12/h3-5,8-9,13-15H,2,6-7,10-11H2,1H3.